The van der Waals surface area contributed by atoms with Crippen LogP contribution < -0.4 is 0 Å². The second-order valence-electron chi connectivity index (χ2n) is 9.42. The van der Waals surface area contributed by atoms with Gasteiger partial charge in [-0.3, -0.25) is 4.79 Å². The maximum absolute atomic E-state index is 12.8. The van der Waals surface area contributed by atoms with Crippen molar-refractivity contribution in [3.8, 4) is 0 Å². The van der Waals surface area contributed by atoms with Gasteiger partial charge < -0.3 is 25.2 Å². The van der Waals surface area contributed by atoms with E-state index in [9.17, 15) is 25.2 Å². The van der Waals surface area contributed by atoms with Gasteiger partial charge in [0.25, 0.3) is 0 Å². The summed E-state index contributed by atoms with van der Waals surface area (Å²) in [5.74, 6) is -2.49. The van der Waals surface area contributed by atoms with Gasteiger partial charge in [0, 0.05) is 35.9 Å². The average molecular weight is 366 g/mol. The molecular weight excluding hydrogens is 336 g/mol. The number of carbonyl (C=O) groups is 1. The minimum absolute atomic E-state index is 0.0871. The Kier molecular flexibility index (Phi) is 4.01. The van der Waals surface area contributed by atoms with Crippen molar-refractivity contribution in [3.63, 3.8) is 0 Å². The van der Waals surface area contributed by atoms with Crippen LogP contribution in [0.3, 0.4) is 0 Å². The zero-order valence-electron chi connectivity index (χ0n) is 15.7. The Morgan fingerprint density at radius 1 is 1.27 bits per heavy atom. The number of ether oxygens (including phenoxy) is 1. The summed E-state index contributed by atoms with van der Waals surface area (Å²) in [6, 6.07) is 0. The van der Waals surface area contributed by atoms with Crippen LogP contribution in [0.25, 0.3) is 0 Å². The highest BCUT2D eigenvalue weighted by Gasteiger charge is 2.71. The first-order chi connectivity index (χ1) is 12.1. The third-order valence-electron chi connectivity index (χ3n) is 7.98. The maximum Gasteiger partial charge on any atom is 0.198 e. The zero-order chi connectivity index (χ0) is 19.1. The molecule has 4 aliphatic rings. The summed E-state index contributed by atoms with van der Waals surface area (Å²) >= 11 is 0. The van der Waals surface area contributed by atoms with Crippen LogP contribution in [0.5, 0.6) is 0 Å². The lowest BCUT2D eigenvalue weighted by molar-refractivity contribution is -0.328. The molecular formula is C20H30O6. The summed E-state index contributed by atoms with van der Waals surface area (Å²) < 4.78 is 5.89. The predicted molar refractivity (Wildman–Crippen MR) is 92.9 cm³/mol. The highest BCUT2D eigenvalue weighted by molar-refractivity contribution is 6.00. The lowest BCUT2D eigenvalue weighted by Crippen LogP contribution is -2.62. The molecule has 6 nitrogen and oxygen atoms in total. The number of Topliss-reactive ketones (excluding diaryl/α,β-unsaturated/α-hetero) is 1. The van der Waals surface area contributed by atoms with E-state index in [0.717, 1.165) is 12.0 Å². The second-order valence-corrected chi connectivity index (χ2v) is 9.42. The van der Waals surface area contributed by atoms with Crippen molar-refractivity contribution in [2.75, 3.05) is 13.2 Å². The first-order valence-corrected chi connectivity index (χ1v) is 9.70. The molecule has 8 atom stereocenters. The molecule has 2 heterocycles. The summed E-state index contributed by atoms with van der Waals surface area (Å²) in [5.41, 5.74) is 0.778. The van der Waals surface area contributed by atoms with Crippen molar-refractivity contribution in [2.24, 2.45) is 28.6 Å². The first-order valence-electron chi connectivity index (χ1n) is 9.70. The third kappa shape index (κ3) is 2.02. The van der Waals surface area contributed by atoms with Crippen molar-refractivity contribution in [2.45, 2.75) is 64.4 Å². The molecule has 4 rings (SSSR count). The van der Waals surface area contributed by atoms with Crippen molar-refractivity contribution in [1.29, 1.82) is 0 Å². The minimum atomic E-state index is -1.72. The molecule has 0 spiro atoms. The van der Waals surface area contributed by atoms with Crippen molar-refractivity contribution in [1.82, 2.24) is 0 Å². The molecule has 6 heteroatoms. The molecule has 3 fully saturated rings. The molecule has 0 radical (unpaired) electrons. The smallest absolute Gasteiger partial charge is 0.198 e. The number of rotatable bonds is 3. The van der Waals surface area contributed by atoms with Crippen molar-refractivity contribution in [3.05, 3.63) is 11.1 Å². The number of ketones is 1. The van der Waals surface area contributed by atoms with Crippen LogP contribution >= 0.6 is 0 Å². The maximum atomic E-state index is 12.8. The van der Waals surface area contributed by atoms with Gasteiger partial charge in [0.15, 0.2) is 11.6 Å². The Morgan fingerprint density at radius 3 is 2.58 bits per heavy atom. The van der Waals surface area contributed by atoms with Crippen LogP contribution in [0.4, 0.5) is 0 Å². The Balaban J connectivity index is 1.88. The summed E-state index contributed by atoms with van der Waals surface area (Å²) in [4.78, 5) is 12.8. The van der Waals surface area contributed by atoms with E-state index in [0.29, 0.717) is 24.8 Å². The number of hydrogen-bond donors (Lipinski definition) is 4. The van der Waals surface area contributed by atoms with Crippen LogP contribution in [0.15, 0.2) is 11.1 Å². The summed E-state index contributed by atoms with van der Waals surface area (Å²) in [7, 11) is 0. The zero-order valence-corrected chi connectivity index (χ0v) is 15.7. The van der Waals surface area contributed by atoms with Gasteiger partial charge >= 0.3 is 0 Å². The van der Waals surface area contributed by atoms with E-state index < -0.39 is 29.3 Å². The van der Waals surface area contributed by atoms with Gasteiger partial charge in [-0.25, -0.2) is 0 Å². The standard InChI is InChI=1S/C20H30O6/c1-10(8-21)15-13(23)7-18(2)4-5-19(3)12(16(15)18)6-14-11(9-22)17(24)20(19,25)26-14/h10-12,14,17,21-22,24-25H,4-9H2,1-3H3. The fraction of sp³-hybridized carbons (Fsp3) is 0.850. The number of aliphatic hydroxyl groups is 4. The topological polar surface area (TPSA) is 107 Å². The third-order valence-corrected chi connectivity index (χ3v) is 7.98. The van der Waals surface area contributed by atoms with E-state index in [-0.39, 0.29) is 36.2 Å². The van der Waals surface area contributed by atoms with E-state index in [1.165, 1.54) is 0 Å². The molecule has 0 amide bonds. The summed E-state index contributed by atoms with van der Waals surface area (Å²) in [6.07, 6.45) is 0.813. The van der Waals surface area contributed by atoms with Crippen LogP contribution in [0, 0.1) is 28.6 Å². The van der Waals surface area contributed by atoms with Gasteiger partial charge in [-0.05, 0) is 30.6 Å². The summed E-state index contributed by atoms with van der Waals surface area (Å²) in [6.45, 7) is 5.58. The molecule has 0 aromatic rings. The largest absolute Gasteiger partial charge is 0.396 e. The molecule has 2 saturated heterocycles. The SMILES string of the molecule is CC(CO)C1=C2C3CC4OC(O)(C(O)C4CO)C3(C)CCC2(C)CC1=O. The van der Waals surface area contributed by atoms with Crippen LogP contribution in [-0.4, -0.2) is 57.4 Å². The molecule has 0 aromatic carbocycles. The minimum Gasteiger partial charge on any atom is -0.396 e. The van der Waals surface area contributed by atoms with Crippen LogP contribution in [-0.2, 0) is 9.53 Å². The molecule has 2 bridgehead atoms. The van der Waals surface area contributed by atoms with E-state index in [2.05, 4.69) is 6.92 Å². The monoisotopic (exact) mass is 366 g/mol. The molecule has 0 aromatic heterocycles. The molecule has 26 heavy (non-hydrogen) atoms. The number of aliphatic hydroxyl groups excluding tert-OH is 3. The van der Waals surface area contributed by atoms with E-state index in [4.69, 9.17) is 4.74 Å². The van der Waals surface area contributed by atoms with E-state index in [1.807, 2.05) is 13.8 Å². The molecule has 146 valence electrons. The van der Waals surface area contributed by atoms with Gasteiger partial charge in [0.1, 0.15) is 6.10 Å². The highest BCUT2D eigenvalue weighted by Crippen LogP contribution is 2.68. The fourth-order valence-electron chi connectivity index (χ4n) is 6.34. The highest BCUT2D eigenvalue weighted by atomic mass is 16.7. The molecule has 8 unspecified atom stereocenters. The fourth-order valence-corrected chi connectivity index (χ4v) is 6.34. The van der Waals surface area contributed by atoms with E-state index >= 15 is 0 Å². The van der Waals surface area contributed by atoms with Gasteiger partial charge in [-0.2, -0.15) is 0 Å². The van der Waals surface area contributed by atoms with Crippen molar-refractivity contribution < 1.29 is 30.0 Å². The molecule has 2 aliphatic heterocycles. The van der Waals surface area contributed by atoms with Crippen LogP contribution in [0.1, 0.15) is 46.5 Å². The van der Waals surface area contributed by atoms with Gasteiger partial charge in [-0.15, -0.1) is 0 Å². The first kappa shape index (κ1) is 18.6. The quantitative estimate of drug-likeness (QED) is 0.588. The number of hydrogen-bond acceptors (Lipinski definition) is 6. The lowest BCUT2D eigenvalue weighted by atomic mass is 9.52. The van der Waals surface area contributed by atoms with E-state index in [1.54, 1.807) is 0 Å². The van der Waals surface area contributed by atoms with Crippen molar-refractivity contribution >= 4 is 5.78 Å². The molecule has 1 saturated carbocycles. The lowest BCUT2D eigenvalue weighted by Gasteiger charge is -2.58. The Labute approximate surface area is 153 Å². The number of carbonyl (C=O) groups excluding carboxylic acids is 1. The number of fused-ring (bicyclic) bond motifs is 6. The van der Waals surface area contributed by atoms with Crippen LogP contribution in [0.2, 0.25) is 0 Å². The Morgan fingerprint density at radius 2 is 1.96 bits per heavy atom. The second kappa shape index (κ2) is 5.61. The number of allylic oxidation sites excluding steroid dienone is 1. The average Bonchev–Trinajstić information content (AvgIpc) is 2.98. The molecule has 4 N–H and O–H groups in total. The predicted octanol–water partition coefficient (Wildman–Crippen LogP) is 0.767. The normalized spacial score (nSPS) is 51.4. The Hall–Kier alpha value is -0.790. The Bertz CT molecular complexity index is 673. The van der Waals surface area contributed by atoms with Gasteiger partial charge in [0.2, 0.25) is 0 Å². The summed E-state index contributed by atoms with van der Waals surface area (Å²) in [5, 5.41) is 41.5. The van der Waals surface area contributed by atoms with Gasteiger partial charge in [-0.1, -0.05) is 26.3 Å². The van der Waals surface area contributed by atoms with Gasteiger partial charge in [0.05, 0.1) is 12.7 Å². The molecule has 2 aliphatic carbocycles.